The van der Waals surface area contributed by atoms with Crippen LogP contribution in [0.5, 0.6) is 0 Å². The van der Waals surface area contributed by atoms with Crippen molar-refractivity contribution in [1.82, 2.24) is 0 Å². The molecule has 1 aromatic rings. The molecular formula is C16H22O3. The fourth-order valence-corrected chi connectivity index (χ4v) is 1.82. The first-order valence-corrected chi connectivity index (χ1v) is 7.02. The maximum absolute atomic E-state index is 11.7. The van der Waals surface area contributed by atoms with E-state index in [1.807, 2.05) is 0 Å². The standard InChI is InChI=1S/C16H22O3/c1-2-3-4-5-6-10-13-19-16(18)15(17)14-11-8-7-9-12-14/h7-9,11-12H,2-6,10,13H2,1H3. The minimum absolute atomic E-state index is 0.337. The van der Waals surface area contributed by atoms with Crippen molar-refractivity contribution in [2.24, 2.45) is 0 Å². The number of rotatable bonds is 9. The second kappa shape index (κ2) is 9.31. The third-order valence-corrected chi connectivity index (χ3v) is 2.95. The van der Waals surface area contributed by atoms with Crippen molar-refractivity contribution in [3.05, 3.63) is 35.9 Å². The zero-order valence-corrected chi connectivity index (χ0v) is 11.6. The molecule has 1 rings (SSSR count). The number of esters is 1. The molecule has 0 aromatic heterocycles. The summed E-state index contributed by atoms with van der Waals surface area (Å²) in [5.41, 5.74) is 0.385. The van der Waals surface area contributed by atoms with Crippen molar-refractivity contribution in [2.45, 2.75) is 45.4 Å². The van der Waals surface area contributed by atoms with E-state index in [4.69, 9.17) is 4.74 Å². The Morgan fingerprint density at radius 1 is 0.947 bits per heavy atom. The number of benzene rings is 1. The molecule has 3 nitrogen and oxygen atoms in total. The summed E-state index contributed by atoms with van der Waals surface area (Å²) < 4.78 is 4.98. The number of carbonyl (C=O) groups excluding carboxylic acids is 2. The van der Waals surface area contributed by atoms with E-state index in [9.17, 15) is 9.59 Å². The predicted octanol–water partition coefficient (Wildman–Crippen LogP) is 3.77. The number of carbonyl (C=O) groups is 2. The quantitative estimate of drug-likeness (QED) is 0.294. The normalized spacial score (nSPS) is 10.2. The van der Waals surface area contributed by atoms with Crippen LogP contribution in [-0.4, -0.2) is 18.4 Å². The minimum atomic E-state index is -0.750. The number of ketones is 1. The second-order valence-electron chi connectivity index (χ2n) is 4.60. The highest BCUT2D eigenvalue weighted by molar-refractivity contribution is 6.40. The maximum Gasteiger partial charge on any atom is 0.379 e. The number of hydrogen-bond donors (Lipinski definition) is 0. The zero-order valence-electron chi connectivity index (χ0n) is 11.6. The molecule has 3 heteroatoms. The van der Waals surface area contributed by atoms with Gasteiger partial charge in [0.1, 0.15) is 0 Å². The Hall–Kier alpha value is -1.64. The van der Waals surface area contributed by atoms with E-state index in [0.717, 1.165) is 19.3 Å². The van der Waals surface area contributed by atoms with Gasteiger partial charge in [-0.15, -0.1) is 0 Å². The highest BCUT2D eigenvalue weighted by atomic mass is 16.5. The molecule has 19 heavy (non-hydrogen) atoms. The molecule has 104 valence electrons. The van der Waals surface area contributed by atoms with Crippen molar-refractivity contribution >= 4 is 11.8 Å². The zero-order chi connectivity index (χ0) is 13.9. The van der Waals surface area contributed by atoms with E-state index in [0.29, 0.717) is 12.2 Å². The highest BCUT2D eigenvalue weighted by Crippen LogP contribution is 2.06. The van der Waals surface area contributed by atoms with Crippen LogP contribution in [0.15, 0.2) is 30.3 Å². The summed E-state index contributed by atoms with van der Waals surface area (Å²) in [6.07, 6.45) is 6.75. The molecule has 0 saturated heterocycles. The van der Waals surface area contributed by atoms with Crippen molar-refractivity contribution in [1.29, 1.82) is 0 Å². The first kappa shape index (κ1) is 15.4. The fourth-order valence-electron chi connectivity index (χ4n) is 1.82. The molecule has 0 spiro atoms. The van der Waals surface area contributed by atoms with Crippen molar-refractivity contribution in [3.8, 4) is 0 Å². The molecule has 0 aliphatic carbocycles. The van der Waals surface area contributed by atoms with Crippen LogP contribution in [0.2, 0.25) is 0 Å². The maximum atomic E-state index is 11.7. The second-order valence-corrected chi connectivity index (χ2v) is 4.60. The number of Topliss-reactive ketones (excluding diaryl/α,β-unsaturated/α-hetero) is 1. The molecule has 0 amide bonds. The van der Waals surface area contributed by atoms with Gasteiger partial charge in [-0.3, -0.25) is 4.79 Å². The number of unbranched alkanes of at least 4 members (excludes halogenated alkanes) is 5. The van der Waals surface area contributed by atoms with Crippen LogP contribution in [0, 0.1) is 0 Å². The van der Waals surface area contributed by atoms with Crippen molar-refractivity contribution < 1.29 is 14.3 Å². The molecule has 1 aromatic carbocycles. The van der Waals surface area contributed by atoms with E-state index in [1.165, 1.54) is 19.3 Å². The fraction of sp³-hybridized carbons (Fsp3) is 0.500. The summed E-state index contributed by atoms with van der Waals surface area (Å²) in [6.45, 7) is 2.51. The van der Waals surface area contributed by atoms with Gasteiger partial charge in [-0.25, -0.2) is 4.79 Å². The van der Waals surface area contributed by atoms with Crippen molar-refractivity contribution in [3.63, 3.8) is 0 Å². The Morgan fingerprint density at radius 3 is 2.26 bits per heavy atom. The van der Waals surface area contributed by atoms with Crippen LogP contribution in [0.3, 0.4) is 0 Å². The van der Waals surface area contributed by atoms with Crippen LogP contribution in [0.4, 0.5) is 0 Å². The minimum Gasteiger partial charge on any atom is -0.460 e. The van der Waals surface area contributed by atoms with Crippen LogP contribution in [0.25, 0.3) is 0 Å². The van der Waals surface area contributed by atoms with Crippen LogP contribution >= 0.6 is 0 Å². The summed E-state index contributed by atoms with van der Waals surface area (Å²) in [4.78, 5) is 23.2. The van der Waals surface area contributed by atoms with Gasteiger partial charge >= 0.3 is 5.97 Å². The molecular weight excluding hydrogens is 240 g/mol. The number of ether oxygens (including phenoxy) is 1. The summed E-state index contributed by atoms with van der Waals surface area (Å²) in [7, 11) is 0. The molecule has 0 fully saturated rings. The Labute approximate surface area is 115 Å². The molecule has 0 atom stereocenters. The van der Waals surface area contributed by atoms with E-state index < -0.39 is 11.8 Å². The molecule has 0 radical (unpaired) electrons. The first-order chi connectivity index (χ1) is 9.25. The van der Waals surface area contributed by atoms with Gasteiger partial charge < -0.3 is 4.74 Å². The van der Waals surface area contributed by atoms with E-state index in [1.54, 1.807) is 30.3 Å². The van der Waals surface area contributed by atoms with Gasteiger partial charge in [0.25, 0.3) is 5.78 Å². The average Bonchev–Trinajstić information content (AvgIpc) is 2.46. The molecule has 0 heterocycles. The lowest BCUT2D eigenvalue weighted by Gasteiger charge is -2.04. The van der Waals surface area contributed by atoms with Gasteiger partial charge in [-0.05, 0) is 6.42 Å². The lowest BCUT2D eigenvalue weighted by molar-refractivity contribution is -0.138. The monoisotopic (exact) mass is 262 g/mol. The van der Waals surface area contributed by atoms with E-state index >= 15 is 0 Å². The van der Waals surface area contributed by atoms with Crippen LogP contribution in [-0.2, 0) is 9.53 Å². The largest absolute Gasteiger partial charge is 0.460 e. The van der Waals surface area contributed by atoms with Gasteiger partial charge in [0.15, 0.2) is 0 Å². The lowest BCUT2D eigenvalue weighted by atomic mass is 10.1. The first-order valence-electron chi connectivity index (χ1n) is 7.02. The SMILES string of the molecule is CCCCCCCCOC(=O)C(=O)c1ccccc1. The van der Waals surface area contributed by atoms with Gasteiger partial charge in [0.05, 0.1) is 6.61 Å². The van der Waals surface area contributed by atoms with Gasteiger partial charge in [0.2, 0.25) is 0 Å². The van der Waals surface area contributed by atoms with E-state index in [2.05, 4.69) is 6.92 Å². The Bertz CT molecular complexity index is 384. The van der Waals surface area contributed by atoms with Crippen LogP contribution < -0.4 is 0 Å². The average molecular weight is 262 g/mol. The Morgan fingerprint density at radius 2 is 1.58 bits per heavy atom. The summed E-state index contributed by atoms with van der Waals surface area (Å²) in [5.74, 6) is -1.31. The molecule has 0 bridgehead atoms. The molecule has 0 aliphatic rings. The Kier molecular flexibility index (Phi) is 7.56. The lowest BCUT2D eigenvalue weighted by Crippen LogP contribution is -2.18. The summed E-state index contributed by atoms with van der Waals surface area (Å²) in [5, 5.41) is 0. The molecule has 0 unspecified atom stereocenters. The summed E-state index contributed by atoms with van der Waals surface area (Å²) >= 11 is 0. The van der Waals surface area contributed by atoms with Gasteiger partial charge in [-0.2, -0.15) is 0 Å². The summed E-state index contributed by atoms with van der Waals surface area (Å²) in [6, 6.07) is 8.50. The highest BCUT2D eigenvalue weighted by Gasteiger charge is 2.16. The third kappa shape index (κ3) is 6.18. The van der Waals surface area contributed by atoms with E-state index in [-0.39, 0.29) is 0 Å². The predicted molar refractivity (Wildman–Crippen MR) is 75.1 cm³/mol. The van der Waals surface area contributed by atoms with Gasteiger partial charge in [-0.1, -0.05) is 69.4 Å². The Balaban J connectivity index is 2.16. The topological polar surface area (TPSA) is 43.4 Å². The molecule has 0 N–H and O–H groups in total. The van der Waals surface area contributed by atoms with Crippen molar-refractivity contribution in [2.75, 3.05) is 6.61 Å². The third-order valence-electron chi connectivity index (χ3n) is 2.95. The number of hydrogen-bond acceptors (Lipinski definition) is 3. The van der Waals surface area contributed by atoms with Crippen LogP contribution in [0.1, 0.15) is 55.8 Å². The van der Waals surface area contributed by atoms with Gasteiger partial charge in [0, 0.05) is 5.56 Å². The molecule has 0 saturated carbocycles. The smallest absolute Gasteiger partial charge is 0.379 e. The molecule has 0 aliphatic heterocycles.